The molecule has 4 nitrogen and oxygen atoms in total. The molecule has 0 heterocycles. The fourth-order valence-electron chi connectivity index (χ4n) is 1.19. The highest BCUT2D eigenvalue weighted by molar-refractivity contribution is 7.90. The third-order valence-corrected chi connectivity index (χ3v) is 3.36. The van der Waals surface area contributed by atoms with E-state index in [4.69, 9.17) is 33.0 Å². The molecule has 0 fully saturated rings. The van der Waals surface area contributed by atoms with Gasteiger partial charge in [0.15, 0.2) is 9.84 Å². The van der Waals surface area contributed by atoms with Crippen LogP contribution >= 0.6 is 23.2 Å². The van der Waals surface area contributed by atoms with Gasteiger partial charge in [0, 0.05) is 16.8 Å². The van der Waals surface area contributed by atoms with Crippen LogP contribution in [-0.2, 0) is 16.4 Å². The van der Waals surface area contributed by atoms with E-state index in [1.54, 1.807) is 0 Å². The number of halogens is 2. The van der Waals surface area contributed by atoms with Crippen molar-refractivity contribution in [2.75, 3.05) is 18.6 Å². The first-order valence-corrected chi connectivity index (χ1v) is 7.54. The lowest BCUT2D eigenvalue weighted by Gasteiger charge is -2.12. The predicted molar refractivity (Wildman–Crippen MR) is 67.6 cm³/mol. The second-order valence-electron chi connectivity index (χ2n) is 3.51. The first kappa shape index (κ1) is 14.6. The van der Waals surface area contributed by atoms with Crippen LogP contribution in [-0.4, -0.2) is 32.1 Å². The summed E-state index contributed by atoms with van der Waals surface area (Å²) in [7, 11) is -3.09. The molecule has 0 spiro atoms. The minimum absolute atomic E-state index is 0.0206. The number of sulfone groups is 1. The van der Waals surface area contributed by atoms with Crippen LogP contribution in [0.3, 0.4) is 0 Å². The van der Waals surface area contributed by atoms with Gasteiger partial charge in [-0.1, -0.05) is 23.2 Å². The lowest BCUT2D eigenvalue weighted by molar-refractivity contribution is 0.267. The summed E-state index contributed by atoms with van der Waals surface area (Å²) in [5.41, 5.74) is 0.427. The number of aliphatic hydroxyl groups is 1. The quantitative estimate of drug-likeness (QED) is 0.902. The Morgan fingerprint density at radius 2 is 2.00 bits per heavy atom. The van der Waals surface area contributed by atoms with Gasteiger partial charge < -0.3 is 9.84 Å². The van der Waals surface area contributed by atoms with Crippen LogP contribution in [0.4, 0.5) is 0 Å². The molecule has 1 aromatic carbocycles. The lowest BCUT2D eigenvalue weighted by Crippen LogP contribution is -2.13. The van der Waals surface area contributed by atoms with E-state index in [1.165, 1.54) is 12.1 Å². The normalized spacial score (nSPS) is 11.5. The largest absolute Gasteiger partial charge is 0.491 e. The summed E-state index contributed by atoms with van der Waals surface area (Å²) >= 11 is 11.7. The Morgan fingerprint density at radius 1 is 1.35 bits per heavy atom. The Bertz CT molecular complexity index is 499. The van der Waals surface area contributed by atoms with E-state index in [2.05, 4.69) is 0 Å². The van der Waals surface area contributed by atoms with E-state index >= 15 is 0 Å². The van der Waals surface area contributed by atoms with Gasteiger partial charge in [0.2, 0.25) is 0 Å². The molecule has 0 aromatic heterocycles. The minimum Gasteiger partial charge on any atom is -0.491 e. The van der Waals surface area contributed by atoms with Gasteiger partial charge in [-0.25, -0.2) is 8.42 Å². The molecule has 1 N–H and O–H groups in total. The summed E-state index contributed by atoms with van der Waals surface area (Å²) in [6.07, 6.45) is 1.12. The van der Waals surface area contributed by atoms with Gasteiger partial charge in [-0.05, 0) is 12.1 Å². The van der Waals surface area contributed by atoms with Gasteiger partial charge in [0.05, 0.1) is 17.4 Å². The number of ether oxygens (including phenoxy) is 1. The zero-order valence-electron chi connectivity index (χ0n) is 9.11. The molecular formula is C10H12Cl2O4S. The third-order valence-electron chi connectivity index (χ3n) is 1.96. The fourth-order valence-corrected chi connectivity index (χ4v) is 2.16. The number of aliphatic hydroxyl groups excluding tert-OH is 1. The SMILES string of the molecule is CS(=O)(=O)CCOc1c(Cl)cc(Cl)cc1CO. The Kier molecular flexibility index (Phi) is 5.06. The van der Waals surface area contributed by atoms with Crippen LogP contribution in [0, 0.1) is 0 Å². The van der Waals surface area contributed by atoms with Gasteiger partial charge in [0.1, 0.15) is 12.4 Å². The van der Waals surface area contributed by atoms with E-state index in [9.17, 15) is 8.42 Å². The van der Waals surface area contributed by atoms with Crippen molar-refractivity contribution in [2.45, 2.75) is 6.61 Å². The monoisotopic (exact) mass is 298 g/mol. The maximum Gasteiger partial charge on any atom is 0.150 e. The van der Waals surface area contributed by atoms with Crippen molar-refractivity contribution >= 4 is 33.0 Å². The van der Waals surface area contributed by atoms with Crippen molar-refractivity contribution in [3.05, 3.63) is 27.7 Å². The number of benzene rings is 1. The van der Waals surface area contributed by atoms with Gasteiger partial charge >= 0.3 is 0 Å². The zero-order chi connectivity index (χ0) is 13.1. The van der Waals surface area contributed by atoms with Crippen molar-refractivity contribution in [3.63, 3.8) is 0 Å². The van der Waals surface area contributed by atoms with Crippen molar-refractivity contribution in [2.24, 2.45) is 0 Å². The van der Waals surface area contributed by atoms with Gasteiger partial charge in [-0.2, -0.15) is 0 Å². The highest BCUT2D eigenvalue weighted by Crippen LogP contribution is 2.32. The molecule has 0 saturated carbocycles. The maximum atomic E-state index is 10.9. The molecule has 1 rings (SSSR count). The molecule has 7 heteroatoms. The van der Waals surface area contributed by atoms with Crippen LogP contribution in [0.1, 0.15) is 5.56 Å². The van der Waals surface area contributed by atoms with Crippen molar-refractivity contribution < 1.29 is 18.3 Å². The van der Waals surface area contributed by atoms with Crippen LogP contribution in [0.5, 0.6) is 5.75 Å². The second-order valence-corrected chi connectivity index (χ2v) is 6.62. The Morgan fingerprint density at radius 3 is 2.53 bits per heavy atom. The molecule has 0 unspecified atom stereocenters. The van der Waals surface area contributed by atoms with Crippen molar-refractivity contribution in [1.29, 1.82) is 0 Å². The maximum absolute atomic E-state index is 10.9. The Hall–Kier alpha value is -0.490. The molecule has 0 atom stereocenters. The van der Waals surface area contributed by atoms with Gasteiger partial charge in [0.25, 0.3) is 0 Å². The van der Waals surface area contributed by atoms with Crippen molar-refractivity contribution in [3.8, 4) is 5.75 Å². The topological polar surface area (TPSA) is 63.6 Å². The van der Waals surface area contributed by atoms with Crippen molar-refractivity contribution in [1.82, 2.24) is 0 Å². The van der Waals surface area contributed by atoms with E-state index in [1.807, 2.05) is 0 Å². The first-order chi connectivity index (χ1) is 7.83. The van der Waals surface area contributed by atoms with E-state index in [0.717, 1.165) is 6.26 Å². The predicted octanol–water partition coefficient (Wildman–Crippen LogP) is 1.91. The van der Waals surface area contributed by atoms with Crippen LogP contribution in [0.25, 0.3) is 0 Å². The van der Waals surface area contributed by atoms with Crippen LogP contribution < -0.4 is 4.74 Å². The molecule has 0 aliphatic carbocycles. The van der Waals surface area contributed by atoms with Gasteiger partial charge in [-0.3, -0.25) is 0 Å². The standard InChI is InChI=1S/C10H12Cl2O4S/c1-17(14,15)3-2-16-10-7(6-13)4-8(11)5-9(10)12/h4-5,13H,2-3,6H2,1H3. The zero-order valence-corrected chi connectivity index (χ0v) is 11.4. The highest BCUT2D eigenvalue weighted by Gasteiger charge is 2.11. The second kappa shape index (κ2) is 5.91. The lowest BCUT2D eigenvalue weighted by atomic mass is 10.2. The Labute approximate surface area is 110 Å². The summed E-state index contributed by atoms with van der Waals surface area (Å²) < 4.78 is 27.1. The summed E-state index contributed by atoms with van der Waals surface area (Å²) in [5, 5.41) is 9.74. The third kappa shape index (κ3) is 4.71. The summed E-state index contributed by atoms with van der Waals surface area (Å²) in [6, 6.07) is 2.99. The molecule has 17 heavy (non-hydrogen) atoms. The molecule has 0 aliphatic rings. The average molecular weight is 299 g/mol. The smallest absolute Gasteiger partial charge is 0.150 e. The molecule has 0 bridgehead atoms. The molecule has 0 radical (unpaired) electrons. The number of rotatable bonds is 5. The fraction of sp³-hybridized carbons (Fsp3) is 0.400. The van der Waals surface area contributed by atoms with E-state index < -0.39 is 9.84 Å². The summed E-state index contributed by atoms with van der Waals surface area (Å²) in [6.45, 7) is -0.304. The first-order valence-electron chi connectivity index (χ1n) is 4.73. The molecule has 0 saturated heterocycles. The summed E-state index contributed by atoms with van der Waals surface area (Å²) in [5.74, 6) is 0.152. The minimum atomic E-state index is -3.09. The van der Waals surface area contributed by atoms with Crippen LogP contribution in [0.2, 0.25) is 10.0 Å². The summed E-state index contributed by atoms with van der Waals surface area (Å²) in [4.78, 5) is 0. The van der Waals surface area contributed by atoms with E-state index in [-0.39, 0.29) is 29.7 Å². The Balaban J connectivity index is 2.83. The van der Waals surface area contributed by atoms with E-state index in [0.29, 0.717) is 10.6 Å². The molecule has 96 valence electrons. The molecule has 0 amide bonds. The molecular weight excluding hydrogens is 287 g/mol. The number of hydrogen-bond donors (Lipinski definition) is 1. The molecule has 0 aliphatic heterocycles. The molecule has 1 aromatic rings. The highest BCUT2D eigenvalue weighted by atomic mass is 35.5. The van der Waals surface area contributed by atoms with Gasteiger partial charge in [-0.15, -0.1) is 0 Å². The number of hydrogen-bond acceptors (Lipinski definition) is 4. The average Bonchev–Trinajstić information content (AvgIpc) is 2.18. The van der Waals surface area contributed by atoms with Crippen LogP contribution in [0.15, 0.2) is 12.1 Å².